The van der Waals surface area contributed by atoms with Crippen molar-refractivity contribution in [3.63, 3.8) is 0 Å². The Morgan fingerprint density at radius 2 is 1.71 bits per heavy atom. The van der Waals surface area contributed by atoms with Gasteiger partial charge in [-0.25, -0.2) is 17.8 Å². The number of hydrogen-bond acceptors (Lipinski definition) is 4. The Bertz CT molecular complexity index is 1250. The summed E-state index contributed by atoms with van der Waals surface area (Å²) in [6.45, 7) is 4.57. The van der Waals surface area contributed by atoms with Crippen LogP contribution in [0.2, 0.25) is 0 Å². The van der Waals surface area contributed by atoms with Gasteiger partial charge >= 0.3 is 0 Å². The third-order valence-corrected chi connectivity index (χ3v) is 8.17. The second kappa shape index (κ2) is 10.7. The van der Waals surface area contributed by atoms with Crippen molar-refractivity contribution in [1.82, 2.24) is 14.5 Å². The van der Waals surface area contributed by atoms with Crippen molar-refractivity contribution >= 4 is 15.7 Å². The molecule has 1 aliphatic carbocycles. The highest BCUT2D eigenvalue weighted by Crippen LogP contribution is 2.28. The van der Waals surface area contributed by atoms with Crippen LogP contribution >= 0.6 is 0 Å². The summed E-state index contributed by atoms with van der Waals surface area (Å²) in [7, 11) is -3.82. The van der Waals surface area contributed by atoms with E-state index in [4.69, 9.17) is 0 Å². The summed E-state index contributed by atoms with van der Waals surface area (Å²) in [5.41, 5.74) is 2.09. The molecule has 3 aromatic rings. The number of carbonyl (C=O) groups is 1. The first-order chi connectivity index (χ1) is 16.7. The lowest BCUT2D eigenvalue weighted by Gasteiger charge is -2.30. The van der Waals surface area contributed by atoms with Gasteiger partial charge in [-0.2, -0.15) is 0 Å². The van der Waals surface area contributed by atoms with Crippen molar-refractivity contribution in [1.29, 1.82) is 0 Å². The molecule has 0 spiro atoms. The van der Waals surface area contributed by atoms with Gasteiger partial charge in [-0.3, -0.25) is 4.79 Å². The van der Waals surface area contributed by atoms with Crippen LogP contribution in [0.4, 0.5) is 4.39 Å². The number of aromatic nitrogens is 2. The van der Waals surface area contributed by atoms with Gasteiger partial charge in [0, 0.05) is 12.0 Å². The van der Waals surface area contributed by atoms with Crippen molar-refractivity contribution in [2.45, 2.75) is 69.6 Å². The van der Waals surface area contributed by atoms with Crippen LogP contribution in [0.15, 0.2) is 66.0 Å². The predicted octanol–water partition coefficient (Wildman–Crippen LogP) is 4.97. The standard InChI is InChI=1S/C27H32FN3O3S/c1-20(2)30(26(32)23-10-6-7-11-23)18-25-16-29-27(31(25)17-21-8-4-3-5-9-21)35(33,34)19-22-12-14-24(28)15-13-22/h3-5,8-9,12-16,20,23H,6-7,10-11,17-19H2,1-2H3. The SMILES string of the molecule is CC(C)N(Cc1cnc(S(=O)(=O)Cc2ccc(F)cc2)n1Cc1ccccc1)C(=O)C1CCCC1. The van der Waals surface area contributed by atoms with Crippen LogP contribution < -0.4 is 0 Å². The Morgan fingerprint density at radius 3 is 2.34 bits per heavy atom. The zero-order chi connectivity index (χ0) is 25.0. The number of rotatable bonds is 9. The molecule has 1 aromatic heterocycles. The van der Waals surface area contributed by atoms with Crippen LogP contribution in [-0.4, -0.2) is 34.8 Å². The molecule has 8 heteroatoms. The number of imidazole rings is 1. The highest BCUT2D eigenvalue weighted by atomic mass is 32.2. The van der Waals surface area contributed by atoms with Crippen LogP contribution in [0.1, 0.15) is 56.4 Å². The molecule has 6 nitrogen and oxygen atoms in total. The van der Waals surface area contributed by atoms with Gasteiger partial charge in [0.15, 0.2) is 0 Å². The van der Waals surface area contributed by atoms with Crippen molar-refractivity contribution in [2.75, 3.05) is 0 Å². The Balaban J connectivity index is 1.68. The molecular weight excluding hydrogens is 465 g/mol. The molecule has 1 fully saturated rings. The molecule has 0 radical (unpaired) electrons. The van der Waals surface area contributed by atoms with E-state index >= 15 is 0 Å². The highest BCUT2D eigenvalue weighted by Gasteiger charge is 2.31. The lowest BCUT2D eigenvalue weighted by atomic mass is 10.1. The van der Waals surface area contributed by atoms with Gasteiger partial charge in [0.1, 0.15) is 5.82 Å². The van der Waals surface area contributed by atoms with Crippen LogP contribution in [0.25, 0.3) is 0 Å². The van der Waals surface area contributed by atoms with Crippen molar-refractivity contribution in [3.05, 3.63) is 83.4 Å². The van der Waals surface area contributed by atoms with E-state index in [1.165, 1.54) is 24.3 Å². The summed E-state index contributed by atoms with van der Waals surface area (Å²) in [5, 5.41) is -0.0438. The topological polar surface area (TPSA) is 72.3 Å². The fraction of sp³-hybridized carbons (Fsp3) is 0.407. The van der Waals surface area contributed by atoms with Crippen molar-refractivity contribution < 1.29 is 17.6 Å². The number of halogens is 1. The van der Waals surface area contributed by atoms with E-state index in [0.717, 1.165) is 31.2 Å². The monoisotopic (exact) mass is 497 g/mol. The Hall–Kier alpha value is -3.00. The third-order valence-electron chi connectivity index (χ3n) is 6.58. The van der Waals surface area contributed by atoms with E-state index in [9.17, 15) is 17.6 Å². The summed E-state index contributed by atoms with van der Waals surface area (Å²) in [5.74, 6) is -0.544. The Morgan fingerprint density at radius 1 is 1.06 bits per heavy atom. The number of sulfone groups is 1. The molecular formula is C27H32FN3O3S. The Labute approximate surface area is 206 Å². The van der Waals surface area contributed by atoms with Crippen LogP contribution in [0.3, 0.4) is 0 Å². The summed E-state index contributed by atoms with van der Waals surface area (Å²) >= 11 is 0. The first-order valence-electron chi connectivity index (χ1n) is 12.1. The first kappa shape index (κ1) is 25.1. The van der Waals surface area contributed by atoms with Crippen molar-refractivity contribution in [2.24, 2.45) is 5.92 Å². The molecule has 1 saturated carbocycles. The molecule has 0 atom stereocenters. The maximum absolute atomic E-state index is 13.4. The number of benzene rings is 2. The second-order valence-corrected chi connectivity index (χ2v) is 11.4. The zero-order valence-corrected chi connectivity index (χ0v) is 21.0. The number of hydrogen-bond donors (Lipinski definition) is 0. The average Bonchev–Trinajstić information content (AvgIpc) is 3.50. The quantitative estimate of drug-likeness (QED) is 0.418. The number of carbonyl (C=O) groups excluding carboxylic acids is 1. The summed E-state index contributed by atoms with van der Waals surface area (Å²) in [6, 6.07) is 15.0. The molecule has 1 aliphatic rings. The Kier molecular flexibility index (Phi) is 7.69. The molecule has 0 unspecified atom stereocenters. The van der Waals surface area contributed by atoms with Gasteiger partial charge in [-0.05, 0) is 49.9 Å². The van der Waals surface area contributed by atoms with Gasteiger partial charge in [-0.1, -0.05) is 55.3 Å². The molecule has 35 heavy (non-hydrogen) atoms. The lowest BCUT2D eigenvalue weighted by Crippen LogP contribution is -2.40. The summed E-state index contributed by atoms with van der Waals surface area (Å²) in [4.78, 5) is 19.4. The van der Waals surface area contributed by atoms with Gasteiger partial charge in [-0.15, -0.1) is 0 Å². The van der Waals surface area contributed by atoms with E-state index in [0.29, 0.717) is 24.3 Å². The smallest absolute Gasteiger partial charge is 0.228 e. The van der Waals surface area contributed by atoms with Crippen molar-refractivity contribution in [3.8, 4) is 0 Å². The molecule has 0 bridgehead atoms. The molecule has 0 saturated heterocycles. The summed E-state index contributed by atoms with van der Waals surface area (Å²) < 4.78 is 41.8. The minimum Gasteiger partial charge on any atom is -0.334 e. The molecule has 2 aromatic carbocycles. The maximum atomic E-state index is 13.4. The van der Waals surface area contributed by atoms with E-state index in [1.54, 1.807) is 10.8 Å². The molecule has 4 rings (SSSR count). The minimum atomic E-state index is -3.82. The van der Waals surface area contributed by atoms with Gasteiger partial charge < -0.3 is 9.47 Å². The lowest BCUT2D eigenvalue weighted by molar-refractivity contribution is -0.137. The van der Waals surface area contributed by atoms with E-state index in [1.807, 2.05) is 49.1 Å². The van der Waals surface area contributed by atoms with Crippen LogP contribution in [-0.2, 0) is 33.5 Å². The summed E-state index contributed by atoms with van der Waals surface area (Å²) in [6.07, 6.45) is 5.52. The van der Waals surface area contributed by atoms with Crippen LogP contribution in [0, 0.1) is 11.7 Å². The molecule has 1 heterocycles. The minimum absolute atomic E-state index is 0.0255. The fourth-order valence-electron chi connectivity index (χ4n) is 4.66. The van der Waals surface area contributed by atoms with E-state index < -0.39 is 15.7 Å². The van der Waals surface area contributed by atoms with Gasteiger partial charge in [0.25, 0.3) is 0 Å². The fourth-order valence-corrected chi connectivity index (χ4v) is 6.15. The normalized spacial score (nSPS) is 14.5. The van der Waals surface area contributed by atoms with Gasteiger partial charge in [0.2, 0.25) is 20.9 Å². The zero-order valence-electron chi connectivity index (χ0n) is 20.2. The average molecular weight is 498 g/mol. The highest BCUT2D eigenvalue weighted by molar-refractivity contribution is 7.90. The molecule has 0 aliphatic heterocycles. The van der Waals surface area contributed by atoms with Crippen LogP contribution in [0.5, 0.6) is 0 Å². The van der Waals surface area contributed by atoms with Gasteiger partial charge in [0.05, 0.1) is 30.7 Å². The predicted molar refractivity (Wildman–Crippen MR) is 133 cm³/mol. The molecule has 1 amide bonds. The number of amides is 1. The first-order valence-corrected chi connectivity index (χ1v) is 13.8. The molecule has 0 N–H and O–H groups in total. The largest absolute Gasteiger partial charge is 0.334 e. The van der Waals surface area contributed by atoms with E-state index in [2.05, 4.69) is 4.98 Å². The maximum Gasteiger partial charge on any atom is 0.228 e. The number of nitrogens with zero attached hydrogens (tertiary/aromatic N) is 3. The van der Waals surface area contributed by atoms with E-state index in [-0.39, 0.29) is 28.8 Å². The second-order valence-electron chi connectivity index (χ2n) is 9.53. The third kappa shape index (κ3) is 5.99. The molecule has 186 valence electrons.